The number of nitrogens with one attached hydrogen (secondary N) is 1. The van der Waals surface area contributed by atoms with E-state index in [0.29, 0.717) is 6.04 Å². The van der Waals surface area contributed by atoms with Crippen LogP contribution >= 0.6 is 0 Å². The Hall–Kier alpha value is -1.02. The maximum absolute atomic E-state index is 5.32. The summed E-state index contributed by atoms with van der Waals surface area (Å²) < 4.78 is 5.32. The van der Waals surface area contributed by atoms with Crippen LogP contribution in [-0.4, -0.2) is 13.2 Å². The van der Waals surface area contributed by atoms with E-state index in [1.807, 2.05) is 18.2 Å². The molecule has 0 amide bonds. The molecule has 0 saturated heterocycles. The van der Waals surface area contributed by atoms with Crippen molar-refractivity contribution >= 4 is 0 Å². The molecule has 2 heteroatoms. The van der Waals surface area contributed by atoms with Crippen LogP contribution in [0.4, 0.5) is 0 Å². The molecule has 0 saturated carbocycles. The average Bonchev–Trinajstić information content (AvgIpc) is 2.26. The Bertz CT molecular complexity index is 309. The smallest absolute Gasteiger partial charge is 0.123 e. The second kappa shape index (κ2) is 6.54. The molecule has 0 radical (unpaired) electrons. The number of methoxy groups -OCH3 is 1. The summed E-state index contributed by atoms with van der Waals surface area (Å²) in [5.74, 6) is 1.70. The summed E-state index contributed by atoms with van der Waals surface area (Å²) in [5.41, 5.74) is 1.22. The van der Waals surface area contributed by atoms with Crippen LogP contribution in [0.15, 0.2) is 24.3 Å². The lowest BCUT2D eigenvalue weighted by molar-refractivity contribution is 0.400. The van der Waals surface area contributed by atoms with Crippen LogP contribution < -0.4 is 10.1 Å². The molecule has 1 aromatic carbocycles. The summed E-state index contributed by atoms with van der Waals surface area (Å²) in [6.07, 6.45) is 1.20. The topological polar surface area (TPSA) is 21.3 Å². The van der Waals surface area contributed by atoms with Crippen LogP contribution in [0.2, 0.25) is 0 Å². The highest BCUT2D eigenvalue weighted by atomic mass is 16.5. The van der Waals surface area contributed by atoms with Gasteiger partial charge in [-0.15, -0.1) is 0 Å². The molecular formula is C14H23NO. The van der Waals surface area contributed by atoms with Gasteiger partial charge in [-0.2, -0.15) is 0 Å². The van der Waals surface area contributed by atoms with Crippen molar-refractivity contribution in [2.24, 2.45) is 5.92 Å². The van der Waals surface area contributed by atoms with Crippen molar-refractivity contribution in [3.05, 3.63) is 29.8 Å². The molecule has 90 valence electrons. The molecular weight excluding hydrogens is 198 g/mol. The minimum absolute atomic E-state index is 0.546. The number of benzene rings is 1. The van der Waals surface area contributed by atoms with Gasteiger partial charge in [-0.1, -0.05) is 32.0 Å². The molecule has 16 heavy (non-hydrogen) atoms. The molecule has 0 aliphatic rings. The predicted molar refractivity (Wildman–Crippen MR) is 68.8 cm³/mol. The van der Waals surface area contributed by atoms with Gasteiger partial charge >= 0.3 is 0 Å². The summed E-state index contributed by atoms with van der Waals surface area (Å²) in [5, 5.41) is 3.52. The van der Waals surface area contributed by atoms with Crippen LogP contribution in [-0.2, 0) is 6.54 Å². The number of ether oxygens (including phenoxy) is 1. The van der Waals surface area contributed by atoms with E-state index in [9.17, 15) is 0 Å². The third-order valence-electron chi connectivity index (χ3n) is 2.66. The standard InChI is InChI=1S/C14H23NO/c1-11(2)9-12(3)15-10-13-7-5-6-8-14(13)16-4/h5-8,11-12,15H,9-10H2,1-4H3. The highest BCUT2D eigenvalue weighted by Crippen LogP contribution is 2.17. The third kappa shape index (κ3) is 4.23. The largest absolute Gasteiger partial charge is 0.496 e. The van der Waals surface area contributed by atoms with E-state index in [1.165, 1.54) is 12.0 Å². The highest BCUT2D eigenvalue weighted by Gasteiger charge is 2.06. The maximum atomic E-state index is 5.32. The van der Waals surface area contributed by atoms with Gasteiger partial charge in [0.25, 0.3) is 0 Å². The molecule has 0 fully saturated rings. The molecule has 0 aliphatic heterocycles. The van der Waals surface area contributed by atoms with E-state index in [0.717, 1.165) is 18.2 Å². The van der Waals surface area contributed by atoms with Crippen molar-refractivity contribution in [3.8, 4) is 5.75 Å². The Morgan fingerprint density at radius 2 is 1.88 bits per heavy atom. The second-order valence-electron chi connectivity index (χ2n) is 4.72. The summed E-state index contributed by atoms with van der Waals surface area (Å²) in [6.45, 7) is 7.61. The molecule has 1 N–H and O–H groups in total. The molecule has 1 rings (SSSR count). The highest BCUT2D eigenvalue weighted by molar-refractivity contribution is 5.32. The minimum atomic E-state index is 0.546. The first-order valence-electron chi connectivity index (χ1n) is 5.98. The summed E-state index contributed by atoms with van der Waals surface area (Å²) in [4.78, 5) is 0. The zero-order valence-electron chi connectivity index (χ0n) is 10.8. The number of hydrogen-bond acceptors (Lipinski definition) is 2. The maximum Gasteiger partial charge on any atom is 0.123 e. The van der Waals surface area contributed by atoms with Gasteiger partial charge in [0.1, 0.15) is 5.75 Å². The first-order valence-corrected chi connectivity index (χ1v) is 5.98. The van der Waals surface area contributed by atoms with E-state index in [4.69, 9.17) is 4.74 Å². The van der Waals surface area contributed by atoms with Crippen LogP contribution in [0.1, 0.15) is 32.8 Å². The van der Waals surface area contributed by atoms with Gasteiger partial charge in [0.05, 0.1) is 7.11 Å². The quantitative estimate of drug-likeness (QED) is 0.796. The Morgan fingerprint density at radius 3 is 2.50 bits per heavy atom. The van der Waals surface area contributed by atoms with Crippen LogP contribution in [0, 0.1) is 5.92 Å². The van der Waals surface area contributed by atoms with E-state index in [-0.39, 0.29) is 0 Å². The Balaban J connectivity index is 2.47. The van der Waals surface area contributed by atoms with Crippen LogP contribution in [0.3, 0.4) is 0 Å². The summed E-state index contributed by atoms with van der Waals surface area (Å²) >= 11 is 0. The Kier molecular flexibility index (Phi) is 5.33. The SMILES string of the molecule is COc1ccccc1CNC(C)CC(C)C. The Morgan fingerprint density at radius 1 is 1.19 bits per heavy atom. The lowest BCUT2D eigenvalue weighted by atomic mass is 10.0. The van der Waals surface area contributed by atoms with E-state index in [2.05, 4.69) is 32.2 Å². The molecule has 0 bridgehead atoms. The second-order valence-corrected chi connectivity index (χ2v) is 4.72. The molecule has 1 atom stereocenters. The Labute approximate surface area is 99.0 Å². The molecule has 0 aromatic heterocycles. The third-order valence-corrected chi connectivity index (χ3v) is 2.66. The normalized spacial score (nSPS) is 12.8. The average molecular weight is 221 g/mol. The monoisotopic (exact) mass is 221 g/mol. The molecule has 0 spiro atoms. The number of hydrogen-bond donors (Lipinski definition) is 1. The number of para-hydroxylation sites is 1. The van der Waals surface area contributed by atoms with Gasteiger partial charge in [-0.25, -0.2) is 0 Å². The molecule has 2 nitrogen and oxygen atoms in total. The lowest BCUT2D eigenvalue weighted by Gasteiger charge is -2.17. The summed E-state index contributed by atoms with van der Waals surface area (Å²) in [7, 11) is 1.72. The van der Waals surface area contributed by atoms with Gasteiger partial charge in [-0.05, 0) is 25.3 Å². The van der Waals surface area contributed by atoms with Crippen molar-refractivity contribution in [2.75, 3.05) is 7.11 Å². The summed E-state index contributed by atoms with van der Waals surface area (Å²) in [6, 6.07) is 8.70. The first kappa shape index (κ1) is 13.0. The van der Waals surface area contributed by atoms with Crippen LogP contribution in [0.5, 0.6) is 5.75 Å². The van der Waals surface area contributed by atoms with E-state index in [1.54, 1.807) is 7.11 Å². The minimum Gasteiger partial charge on any atom is -0.496 e. The van der Waals surface area contributed by atoms with Gasteiger partial charge in [0, 0.05) is 18.2 Å². The molecule has 1 unspecified atom stereocenters. The van der Waals surface area contributed by atoms with Gasteiger partial charge < -0.3 is 10.1 Å². The van der Waals surface area contributed by atoms with Crippen molar-refractivity contribution in [3.63, 3.8) is 0 Å². The molecule has 0 heterocycles. The number of rotatable bonds is 6. The first-order chi connectivity index (χ1) is 7.63. The van der Waals surface area contributed by atoms with Gasteiger partial charge in [0.15, 0.2) is 0 Å². The van der Waals surface area contributed by atoms with Gasteiger partial charge in [0.2, 0.25) is 0 Å². The molecule has 1 aromatic rings. The van der Waals surface area contributed by atoms with Crippen molar-refractivity contribution in [1.82, 2.24) is 5.32 Å². The molecule has 0 aliphatic carbocycles. The fraction of sp³-hybridized carbons (Fsp3) is 0.571. The predicted octanol–water partition coefficient (Wildman–Crippen LogP) is 3.22. The van der Waals surface area contributed by atoms with Crippen molar-refractivity contribution in [2.45, 2.75) is 39.8 Å². The van der Waals surface area contributed by atoms with Crippen molar-refractivity contribution in [1.29, 1.82) is 0 Å². The fourth-order valence-electron chi connectivity index (χ4n) is 1.92. The zero-order valence-corrected chi connectivity index (χ0v) is 10.8. The lowest BCUT2D eigenvalue weighted by Crippen LogP contribution is -2.27. The van der Waals surface area contributed by atoms with E-state index >= 15 is 0 Å². The van der Waals surface area contributed by atoms with Crippen LogP contribution in [0.25, 0.3) is 0 Å². The van der Waals surface area contributed by atoms with E-state index < -0.39 is 0 Å². The van der Waals surface area contributed by atoms with Gasteiger partial charge in [-0.3, -0.25) is 0 Å². The van der Waals surface area contributed by atoms with Crippen molar-refractivity contribution < 1.29 is 4.74 Å². The fourth-order valence-corrected chi connectivity index (χ4v) is 1.92. The zero-order chi connectivity index (χ0) is 12.0.